The summed E-state index contributed by atoms with van der Waals surface area (Å²) in [4.78, 5) is 27.0. The molecular weight excluding hydrogens is 595 g/mol. The van der Waals surface area contributed by atoms with Crippen LogP contribution in [-0.4, -0.2) is 61.8 Å². The Morgan fingerprint density at radius 1 is 0.884 bits per heavy atom. The van der Waals surface area contributed by atoms with Gasteiger partial charge in [0.2, 0.25) is 0 Å². The molecule has 0 radical (unpaired) electrons. The van der Waals surface area contributed by atoms with Crippen LogP contribution >= 0.6 is 0 Å². The summed E-state index contributed by atoms with van der Waals surface area (Å²) in [5, 5.41) is 25.7. The van der Waals surface area contributed by atoms with E-state index in [0.717, 1.165) is 22.2 Å². The average Bonchev–Trinajstić information content (AvgIpc) is 3.41. The van der Waals surface area contributed by atoms with Crippen molar-refractivity contribution in [1.29, 1.82) is 0 Å². The number of carboxylic acids is 2. The first-order valence-electron chi connectivity index (χ1n) is 11.5. The quantitative estimate of drug-likeness (QED) is 0.171. The Morgan fingerprint density at radius 3 is 2.12 bits per heavy atom. The van der Waals surface area contributed by atoms with Crippen molar-refractivity contribution in [2.45, 2.75) is 12.4 Å². The minimum Gasteiger partial charge on any atom is -0.497 e. The van der Waals surface area contributed by atoms with Crippen molar-refractivity contribution in [1.82, 2.24) is 20.2 Å². The Hall–Kier alpha value is -5.48. The van der Waals surface area contributed by atoms with Gasteiger partial charge in [-0.2, -0.15) is 31.4 Å². The maximum absolute atomic E-state index is 14.7. The number of H-pyrrole nitrogens is 1. The van der Waals surface area contributed by atoms with Crippen LogP contribution in [0.2, 0.25) is 0 Å². The first-order chi connectivity index (χ1) is 20.1. The van der Waals surface area contributed by atoms with Crippen molar-refractivity contribution in [3.8, 4) is 17.1 Å². The van der Waals surface area contributed by atoms with Crippen LogP contribution in [0.15, 0.2) is 66.9 Å². The highest BCUT2D eigenvalue weighted by atomic mass is 19.4. The fourth-order valence-electron chi connectivity index (χ4n) is 3.28. The molecule has 0 aliphatic carbocycles. The Morgan fingerprint density at radius 2 is 1.51 bits per heavy atom. The fourth-order valence-corrected chi connectivity index (χ4v) is 3.28. The monoisotopic (exact) mass is 613 g/mol. The number of nitrogens with one attached hydrogen (secondary N) is 2. The average molecular weight is 613 g/mol. The van der Waals surface area contributed by atoms with Crippen LogP contribution in [0.5, 0.6) is 5.75 Å². The number of carbonyl (C=O) groups is 2. The summed E-state index contributed by atoms with van der Waals surface area (Å²) in [5.74, 6) is -4.32. The van der Waals surface area contributed by atoms with E-state index in [1.807, 2.05) is 42.5 Å². The van der Waals surface area contributed by atoms with Gasteiger partial charge < -0.3 is 20.3 Å². The molecular formula is C26H18F7N5O5. The molecule has 10 nitrogen and oxygen atoms in total. The summed E-state index contributed by atoms with van der Waals surface area (Å²) in [6, 6.07) is 18.0. The molecule has 43 heavy (non-hydrogen) atoms. The number of rotatable bonds is 4. The van der Waals surface area contributed by atoms with Crippen LogP contribution < -0.4 is 10.1 Å². The largest absolute Gasteiger partial charge is 0.497 e. The van der Waals surface area contributed by atoms with Crippen LogP contribution in [0.4, 0.5) is 42.2 Å². The van der Waals surface area contributed by atoms with Crippen molar-refractivity contribution in [2.24, 2.45) is 0 Å². The molecule has 0 atom stereocenters. The van der Waals surface area contributed by atoms with Gasteiger partial charge in [-0.25, -0.2) is 23.9 Å². The predicted octanol–water partition coefficient (Wildman–Crippen LogP) is 6.33. The molecule has 2 heterocycles. The molecule has 0 spiro atoms. The highest BCUT2D eigenvalue weighted by Gasteiger charge is 2.38. The van der Waals surface area contributed by atoms with E-state index in [1.54, 1.807) is 25.4 Å². The number of methoxy groups -OCH3 is 1. The SMILES string of the molecule is COc1cccc(-c2nc(Nc3ccc4[nH]ncc4c3)c3c(F)cccc3n2)c1.O=C(O)C(F)(F)F.O=C(O)C(F)(F)F. The summed E-state index contributed by atoms with van der Waals surface area (Å²) < 4.78 is 83.4. The van der Waals surface area contributed by atoms with Crippen LogP contribution in [0.25, 0.3) is 33.2 Å². The predicted molar refractivity (Wildman–Crippen MR) is 138 cm³/mol. The number of hydrogen-bond acceptors (Lipinski definition) is 7. The van der Waals surface area contributed by atoms with Crippen molar-refractivity contribution in [3.05, 3.63) is 72.7 Å². The maximum Gasteiger partial charge on any atom is 0.490 e. The van der Waals surface area contributed by atoms with Crippen molar-refractivity contribution in [2.75, 3.05) is 12.4 Å². The summed E-state index contributed by atoms with van der Waals surface area (Å²) in [6.07, 6.45) is -8.43. The minimum absolute atomic E-state index is 0.339. The van der Waals surface area contributed by atoms with Gasteiger partial charge in [-0.1, -0.05) is 18.2 Å². The second-order valence-corrected chi connectivity index (χ2v) is 8.16. The van der Waals surface area contributed by atoms with Crippen LogP contribution in [0, 0.1) is 5.82 Å². The summed E-state index contributed by atoms with van der Waals surface area (Å²) in [6.45, 7) is 0. The zero-order chi connectivity index (χ0) is 31.9. The Balaban J connectivity index is 0.000000303. The lowest BCUT2D eigenvalue weighted by Gasteiger charge is -2.12. The Bertz CT molecular complexity index is 1730. The third-order valence-corrected chi connectivity index (χ3v) is 5.19. The second kappa shape index (κ2) is 13.0. The van der Waals surface area contributed by atoms with Gasteiger partial charge in [0.15, 0.2) is 5.82 Å². The fraction of sp³-hybridized carbons (Fsp3) is 0.115. The zero-order valence-corrected chi connectivity index (χ0v) is 21.5. The number of anilines is 2. The lowest BCUT2D eigenvalue weighted by Crippen LogP contribution is -2.21. The van der Waals surface area contributed by atoms with Crippen LogP contribution in [-0.2, 0) is 9.59 Å². The maximum atomic E-state index is 14.7. The van der Waals surface area contributed by atoms with E-state index >= 15 is 0 Å². The number of hydrogen-bond donors (Lipinski definition) is 4. The molecule has 3 aromatic carbocycles. The molecule has 0 amide bonds. The summed E-state index contributed by atoms with van der Waals surface area (Å²) >= 11 is 0. The molecule has 2 aromatic heterocycles. The lowest BCUT2D eigenvalue weighted by molar-refractivity contribution is -0.193. The van der Waals surface area contributed by atoms with Gasteiger partial charge in [-0.05, 0) is 42.5 Å². The van der Waals surface area contributed by atoms with Crippen molar-refractivity contribution >= 4 is 45.2 Å². The summed E-state index contributed by atoms with van der Waals surface area (Å²) in [7, 11) is 1.61. The van der Waals surface area contributed by atoms with E-state index in [9.17, 15) is 30.7 Å². The third-order valence-electron chi connectivity index (χ3n) is 5.19. The smallest absolute Gasteiger partial charge is 0.490 e. The summed E-state index contributed by atoms with van der Waals surface area (Å²) in [5.41, 5.74) is 3.00. The molecule has 0 aliphatic rings. The number of fused-ring (bicyclic) bond motifs is 2. The van der Waals surface area contributed by atoms with Crippen molar-refractivity contribution < 1.29 is 55.3 Å². The van der Waals surface area contributed by atoms with Gasteiger partial charge in [-0.15, -0.1) is 0 Å². The number of ether oxygens (including phenoxy) is 1. The molecule has 226 valence electrons. The number of aromatic amines is 1. The van der Waals surface area contributed by atoms with Crippen LogP contribution in [0.1, 0.15) is 0 Å². The second-order valence-electron chi connectivity index (χ2n) is 8.16. The Kier molecular flexibility index (Phi) is 9.69. The number of nitrogens with zero attached hydrogens (tertiary/aromatic N) is 3. The van der Waals surface area contributed by atoms with Crippen molar-refractivity contribution in [3.63, 3.8) is 0 Å². The normalized spacial score (nSPS) is 11.2. The third kappa shape index (κ3) is 8.51. The molecule has 0 fully saturated rings. The molecule has 0 saturated carbocycles. The molecule has 0 aliphatic heterocycles. The van der Waals surface area contributed by atoms with Gasteiger partial charge in [0, 0.05) is 16.6 Å². The number of alkyl halides is 6. The van der Waals surface area contributed by atoms with Gasteiger partial charge >= 0.3 is 24.3 Å². The number of aliphatic carboxylic acids is 2. The van der Waals surface area contributed by atoms with E-state index in [4.69, 9.17) is 24.5 Å². The zero-order valence-electron chi connectivity index (χ0n) is 21.5. The first kappa shape index (κ1) is 32.0. The molecule has 5 aromatic rings. The number of benzene rings is 3. The van der Waals surface area contributed by atoms with E-state index in [0.29, 0.717) is 28.3 Å². The minimum atomic E-state index is -5.08. The molecule has 0 unspecified atom stereocenters. The molecule has 0 saturated heterocycles. The van der Waals surface area contributed by atoms with E-state index in [-0.39, 0.29) is 5.82 Å². The molecule has 17 heteroatoms. The van der Waals surface area contributed by atoms with E-state index in [1.165, 1.54) is 6.07 Å². The number of halogens is 7. The van der Waals surface area contributed by atoms with Gasteiger partial charge in [0.25, 0.3) is 0 Å². The lowest BCUT2D eigenvalue weighted by atomic mass is 10.1. The highest BCUT2D eigenvalue weighted by Crippen LogP contribution is 2.31. The van der Waals surface area contributed by atoms with Gasteiger partial charge in [0.1, 0.15) is 17.4 Å². The highest BCUT2D eigenvalue weighted by molar-refractivity contribution is 5.93. The molecule has 4 N–H and O–H groups in total. The molecule has 5 rings (SSSR count). The van der Waals surface area contributed by atoms with E-state index < -0.39 is 24.3 Å². The van der Waals surface area contributed by atoms with E-state index in [2.05, 4.69) is 25.5 Å². The van der Waals surface area contributed by atoms with Gasteiger partial charge in [-0.3, -0.25) is 5.10 Å². The van der Waals surface area contributed by atoms with Gasteiger partial charge in [0.05, 0.1) is 29.7 Å². The standard InChI is InChI=1S/C22H16FN5O.2C2HF3O2/c1-29-16-5-2-4-13(11-16)21-26-19-7-3-6-17(23)20(19)22(27-21)25-15-8-9-18-14(10-15)12-24-28-18;2*3-2(4,5)1(6)7/h2-12H,1H3,(H,24,28)(H,25,26,27);2*(H,6,7). The first-order valence-corrected chi connectivity index (χ1v) is 11.5. The van der Waals surface area contributed by atoms with Crippen LogP contribution in [0.3, 0.4) is 0 Å². The topological polar surface area (TPSA) is 150 Å². The molecule has 0 bridgehead atoms. The number of carboxylic acid groups (broad SMARTS) is 2. The number of aromatic nitrogens is 4. The Labute approximate surface area is 235 Å².